The monoisotopic (exact) mass is 791 g/mol. The van der Waals surface area contributed by atoms with E-state index in [0.717, 1.165) is 134 Å². The Bertz CT molecular complexity index is 2350. The van der Waals surface area contributed by atoms with Crippen molar-refractivity contribution >= 4 is 33.6 Å². The Labute approximate surface area is 348 Å². The number of nitrogens with zero attached hydrogens (tertiary/aromatic N) is 5. The zero-order valence-electron chi connectivity index (χ0n) is 34.8. The van der Waals surface area contributed by atoms with Gasteiger partial charge < -0.3 is 25.2 Å². The Hall–Kier alpha value is -5.52. The number of ether oxygens (including phenoxy) is 1. The lowest BCUT2D eigenvalue weighted by atomic mass is 9.98. The Morgan fingerprint density at radius 2 is 1.05 bits per heavy atom. The van der Waals surface area contributed by atoms with Gasteiger partial charge in [-0.3, -0.25) is 24.5 Å². The van der Waals surface area contributed by atoms with Gasteiger partial charge in [0.2, 0.25) is 0 Å². The molecule has 2 aromatic heterocycles. The van der Waals surface area contributed by atoms with E-state index in [1.807, 2.05) is 67.0 Å². The maximum absolute atomic E-state index is 12.7. The first-order valence-electron chi connectivity index (χ1n) is 21.0. The fourth-order valence-corrected chi connectivity index (χ4v) is 7.87. The van der Waals surface area contributed by atoms with Crippen molar-refractivity contribution in [2.45, 2.75) is 26.7 Å². The number of benzene rings is 4. The highest BCUT2D eigenvalue weighted by molar-refractivity contribution is 5.97. The van der Waals surface area contributed by atoms with E-state index < -0.39 is 0 Å². The highest BCUT2D eigenvalue weighted by Gasteiger charge is 2.15. The Morgan fingerprint density at radius 1 is 0.576 bits per heavy atom. The number of nitrogens with one attached hydrogen (secondary N) is 2. The molecule has 4 heterocycles. The van der Waals surface area contributed by atoms with Crippen LogP contribution in [0.5, 0.6) is 0 Å². The van der Waals surface area contributed by atoms with Crippen LogP contribution in [0, 0.1) is 13.8 Å². The third-order valence-electron chi connectivity index (χ3n) is 11.3. The van der Waals surface area contributed by atoms with Gasteiger partial charge in [-0.2, -0.15) is 0 Å². The zero-order valence-corrected chi connectivity index (χ0v) is 34.8. The molecular formula is C49H57N7O3. The summed E-state index contributed by atoms with van der Waals surface area (Å²) in [6.45, 7) is 15.6. The molecule has 0 bridgehead atoms. The number of pyridine rings is 2. The first-order valence-corrected chi connectivity index (χ1v) is 21.0. The SMILES string of the molecule is Cc1cc(-c2cccc(C(=O)NCCCN3CCN(C)CC3)c2)cc2cccnc12.Cc1cc(-c2cccc(C(=O)NCCCN3CCOCC3)c2)cc2cccnc12. The largest absolute Gasteiger partial charge is 0.379 e. The van der Waals surface area contributed by atoms with Crippen molar-refractivity contribution in [2.24, 2.45) is 0 Å². The third-order valence-corrected chi connectivity index (χ3v) is 11.3. The number of amides is 2. The van der Waals surface area contributed by atoms with Crippen LogP contribution in [0.15, 0.2) is 109 Å². The number of rotatable bonds is 12. The van der Waals surface area contributed by atoms with E-state index in [9.17, 15) is 9.59 Å². The summed E-state index contributed by atoms with van der Waals surface area (Å²) >= 11 is 0. The molecule has 6 aromatic rings. The van der Waals surface area contributed by atoms with Gasteiger partial charge in [-0.15, -0.1) is 0 Å². The van der Waals surface area contributed by atoms with E-state index in [0.29, 0.717) is 24.2 Å². The van der Waals surface area contributed by atoms with Gasteiger partial charge >= 0.3 is 0 Å². The first kappa shape index (κ1) is 41.6. The van der Waals surface area contributed by atoms with Crippen molar-refractivity contribution in [1.29, 1.82) is 0 Å². The Balaban J connectivity index is 0.000000179. The topological polar surface area (TPSA) is 103 Å². The van der Waals surface area contributed by atoms with Crippen LogP contribution in [0.25, 0.3) is 44.1 Å². The molecule has 0 aliphatic carbocycles. The predicted molar refractivity (Wildman–Crippen MR) is 239 cm³/mol. The van der Waals surface area contributed by atoms with E-state index in [-0.39, 0.29) is 11.8 Å². The summed E-state index contributed by atoms with van der Waals surface area (Å²) in [5, 5.41) is 8.36. The normalized spacial score (nSPS) is 15.1. The van der Waals surface area contributed by atoms with Gasteiger partial charge in [0.25, 0.3) is 11.8 Å². The summed E-state index contributed by atoms with van der Waals surface area (Å²) in [5.74, 6) is -0.0255. The Morgan fingerprint density at radius 3 is 1.54 bits per heavy atom. The van der Waals surface area contributed by atoms with Gasteiger partial charge in [0.15, 0.2) is 0 Å². The second-order valence-corrected chi connectivity index (χ2v) is 15.7. The molecule has 2 aliphatic rings. The first-order chi connectivity index (χ1) is 28.8. The van der Waals surface area contributed by atoms with Crippen LogP contribution in [-0.2, 0) is 4.74 Å². The van der Waals surface area contributed by atoms with E-state index >= 15 is 0 Å². The minimum Gasteiger partial charge on any atom is -0.379 e. The Kier molecular flexibility index (Phi) is 14.4. The molecule has 0 spiro atoms. The molecule has 59 heavy (non-hydrogen) atoms. The minimum atomic E-state index is -0.0204. The summed E-state index contributed by atoms with van der Waals surface area (Å²) in [6.07, 6.45) is 5.57. The summed E-state index contributed by atoms with van der Waals surface area (Å²) in [6, 6.07) is 32.3. The van der Waals surface area contributed by atoms with Crippen molar-refractivity contribution < 1.29 is 14.3 Å². The van der Waals surface area contributed by atoms with Crippen molar-refractivity contribution in [1.82, 2.24) is 35.3 Å². The van der Waals surface area contributed by atoms with Gasteiger partial charge in [-0.1, -0.05) is 36.4 Å². The number of likely N-dealkylation sites (N-methyl/N-ethyl adjacent to an activating group) is 1. The molecule has 0 radical (unpaired) electrons. The quantitative estimate of drug-likeness (QED) is 0.125. The van der Waals surface area contributed by atoms with Gasteiger partial charge in [-0.05, 0) is 141 Å². The van der Waals surface area contributed by atoms with Crippen molar-refractivity contribution in [3.05, 3.63) is 132 Å². The van der Waals surface area contributed by atoms with E-state index in [2.05, 4.69) is 98.7 Å². The summed E-state index contributed by atoms with van der Waals surface area (Å²) in [7, 11) is 2.17. The standard InChI is InChI=1S/C25H30N4O.C24H27N3O2/c1-19-16-23(18-21-8-4-9-26-24(19)21)20-6-3-7-22(17-20)25(30)27-10-5-11-29-14-12-28(2)13-15-29;1-18-15-22(17-20-7-3-8-25-23(18)20)19-5-2-6-21(16-19)24(28)26-9-4-10-27-11-13-29-14-12-27/h3-4,6-9,16-18H,5,10-15H2,1-2H3,(H,27,30);2-3,5-8,15-17H,4,9-14H2,1H3,(H,26,28). The molecule has 2 fully saturated rings. The predicted octanol–water partition coefficient (Wildman–Crippen LogP) is 7.24. The van der Waals surface area contributed by atoms with E-state index in [1.165, 1.54) is 0 Å². The van der Waals surface area contributed by atoms with Crippen molar-refractivity contribution in [2.75, 3.05) is 85.7 Å². The van der Waals surface area contributed by atoms with Crippen LogP contribution in [0.1, 0.15) is 44.7 Å². The lowest BCUT2D eigenvalue weighted by Crippen LogP contribution is -2.45. The molecule has 10 heteroatoms. The van der Waals surface area contributed by atoms with Crippen LogP contribution in [0.4, 0.5) is 0 Å². The molecule has 2 saturated heterocycles. The second kappa shape index (κ2) is 20.4. The molecule has 2 N–H and O–H groups in total. The van der Waals surface area contributed by atoms with Gasteiger partial charge in [0, 0.05) is 86.7 Å². The summed E-state index contributed by atoms with van der Waals surface area (Å²) < 4.78 is 5.37. The molecule has 0 saturated carbocycles. The minimum absolute atomic E-state index is 0.00518. The third kappa shape index (κ3) is 11.4. The number of hydrogen-bond donors (Lipinski definition) is 2. The molecular weight excluding hydrogens is 735 g/mol. The fraction of sp³-hybridized carbons (Fsp3) is 0.347. The highest BCUT2D eigenvalue weighted by atomic mass is 16.5. The number of fused-ring (bicyclic) bond motifs is 2. The maximum Gasteiger partial charge on any atom is 0.251 e. The van der Waals surface area contributed by atoms with Crippen LogP contribution in [0.2, 0.25) is 0 Å². The molecule has 306 valence electrons. The lowest BCUT2D eigenvalue weighted by Gasteiger charge is -2.32. The van der Waals surface area contributed by atoms with Crippen LogP contribution >= 0.6 is 0 Å². The molecule has 4 aromatic carbocycles. The zero-order chi connectivity index (χ0) is 41.0. The van der Waals surface area contributed by atoms with Gasteiger partial charge in [0.05, 0.1) is 24.2 Å². The number of carbonyl (C=O) groups is 2. The lowest BCUT2D eigenvalue weighted by molar-refractivity contribution is 0.0374. The van der Waals surface area contributed by atoms with Crippen LogP contribution in [-0.4, -0.2) is 122 Å². The number of hydrogen-bond acceptors (Lipinski definition) is 8. The average Bonchev–Trinajstić information content (AvgIpc) is 3.28. The number of morpholine rings is 1. The molecule has 0 atom stereocenters. The number of aryl methyl sites for hydroxylation is 2. The number of aromatic nitrogens is 2. The molecule has 2 aliphatic heterocycles. The number of carbonyl (C=O) groups excluding carboxylic acids is 2. The average molecular weight is 792 g/mol. The van der Waals surface area contributed by atoms with Crippen molar-refractivity contribution in [3.63, 3.8) is 0 Å². The highest BCUT2D eigenvalue weighted by Crippen LogP contribution is 2.28. The molecule has 2 amide bonds. The van der Waals surface area contributed by atoms with Gasteiger partial charge in [-0.25, -0.2) is 0 Å². The van der Waals surface area contributed by atoms with Gasteiger partial charge in [0.1, 0.15) is 0 Å². The maximum atomic E-state index is 12.7. The summed E-state index contributed by atoms with van der Waals surface area (Å²) in [4.78, 5) is 41.4. The number of piperazine rings is 1. The molecule has 0 unspecified atom stereocenters. The van der Waals surface area contributed by atoms with E-state index in [4.69, 9.17) is 4.74 Å². The smallest absolute Gasteiger partial charge is 0.251 e. The fourth-order valence-electron chi connectivity index (χ4n) is 7.87. The van der Waals surface area contributed by atoms with E-state index in [1.54, 1.807) is 0 Å². The second-order valence-electron chi connectivity index (χ2n) is 15.7. The molecule has 8 rings (SSSR count). The van der Waals surface area contributed by atoms with Crippen LogP contribution < -0.4 is 10.6 Å². The molecule has 10 nitrogen and oxygen atoms in total. The van der Waals surface area contributed by atoms with Crippen LogP contribution in [0.3, 0.4) is 0 Å². The van der Waals surface area contributed by atoms with Crippen molar-refractivity contribution in [3.8, 4) is 22.3 Å². The summed E-state index contributed by atoms with van der Waals surface area (Å²) in [5.41, 5.74) is 10.0.